The molecule has 2 rings (SSSR count). The van der Waals surface area contributed by atoms with Crippen LogP contribution in [0.4, 0.5) is 0 Å². The van der Waals surface area contributed by atoms with Crippen LogP contribution >= 0.6 is 11.6 Å². The number of carbonyl (C=O) groups excluding carboxylic acids is 1. The Balaban J connectivity index is 2.58. The summed E-state index contributed by atoms with van der Waals surface area (Å²) >= 11 is 5.71. The van der Waals surface area contributed by atoms with E-state index >= 15 is 0 Å². The number of fused-ring (bicyclic) bond motifs is 1. The van der Waals surface area contributed by atoms with Crippen molar-refractivity contribution in [3.8, 4) is 0 Å². The first kappa shape index (κ1) is 14.4. The van der Waals surface area contributed by atoms with Gasteiger partial charge >= 0.3 is 0 Å². The quantitative estimate of drug-likeness (QED) is 0.719. The number of hydrogen-bond acceptors (Lipinski definition) is 1. The molecule has 0 saturated carbocycles. The fourth-order valence-corrected chi connectivity index (χ4v) is 3.46. The van der Waals surface area contributed by atoms with Crippen molar-refractivity contribution < 1.29 is 4.79 Å². The Kier molecular flexibility index (Phi) is 3.91. The molecule has 1 amide bonds. The van der Waals surface area contributed by atoms with Crippen molar-refractivity contribution in [3.63, 3.8) is 0 Å². The van der Waals surface area contributed by atoms with E-state index in [0.717, 1.165) is 13.0 Å². The van der Waals surface area contributed by atoms with E-state index in [4.69, 9.17) is 11.6 Å². The van der Waals surface area contributed by atoms with Crippen LogP contribution in [-0.4, -0.2) is 23.2 Å². The molecule has 0 radical (unpaired) electrons. The zero-order valence-corrected chi connectivity index (χ0v) is 13.2. The number of alkyl halides is 1. The molecule has 0 N–H and O–H groups in total. The summed E-state index contributed by atoms with van der Waals surface area (Å²) in [5.41, 5.74) is 8.24. The van der Waals surface area contributed by atoms with Crippen molar-refractivity contribution >= 4 is 17.5 Å². The summed E-state index contributed by atoms with van der Waals surface area (Å²) in [5.74, 6) is 0.109. The summed E-state index contributed by atoms with van der Waals surface area (Å²) < 4.78 is 0. The highest BCUT2D eigenvalue weighted by Gasteiger charge is 2.30. The second-order valence-electron chi connectivity index (χ2n) is 5.54. The molecule has 3 heteroatoms. The molecule has 0 bridgehead atoms. The Morgan fingerprint density at radius 3 is 2.32 bits per heavy atom. The first-order valence-corrected chi connectivity index (χ1v) is 7.38. The van der Waals surface area contributed by atoms with Crippen LogP contribution in [-0.2, 0) is 11.2 Å². The Morgan fingerprint density at radius 1 is 1.16 bits per heavy atom. The van der Waals surface area contributed by atoms with Crippen LogP contribution in [0, 0.1) is 27.7 Å². The molecular weight excluding hydrogens is 258 g/mol. The summed E-state index contributed by atoms with van der Waals surface area (Å²) in [6.45, 7) is 11.6. The Labute approximate surface area is 120 Å². The summed E-state index contributed by atoms with van der Waals surface area (Å²) in [6.07, 6.45) is 0.941. The van der Waals surface area contributed by atoms with E-state index in [1.54, 1.807) is 0 Å². The summed E-state index contributed by atoms with van der Waals surface area (Å²) in [6, 6.07) is 0.132. The first-order chi connectivity index (χ1) is 8.90. The third-order valence-electron chi connectivity index (χ3n) is 4.79. The zero-order valence-electron chi connectivity index (χ0n) is 12.4. The largest absolute Gasteiger partial charge is 0.335 e. The van der Waals surface area contributed by atoms with Crippen LogP contribution in [0.5, 0.6) is 0 Å². The predicted octanol–water partition coefficient (Wildman–Crippen LogP) is 3.60. The van der Waals surface area contributed by atoms with Gasteiger partial charge in [-0.2, -0.15) is 0 Å². The number of carbonyl (C=O) groups is 1. The van der Waals surface area contributed by atoms with Crippen molar-refractivity contribution in [1.82, 2.24) is 4.90 Å². The highest BCUT2D eigenvalue weighted by atomic mass is 35.5. The molecule has 2 nitrogen and oxygen atoms in total. The first-order valence-electron chi connectivity index (χ1n) is 6.84. The van der Waals surface area contributed by atoms with Gasteiger partial charge in [0.2, 0.25) is 5.91 Å². The maximum absolute atomic E-state index is 11.9. The van der Waals surface area contributed by atoms with Gasteiger partial charge in [0.1, 0.15) is 5.88 Å². The van der Waals surface area contributed by atoms with E-state index in [9.17, 15) is 4.79 Å². The molecule has 1 aromatic rings. The molecule has 1 aromatic carbocycles. The monoisotopic (exact) mass is 279 g/mol. The molecule has 0 fully saturated rings. The van der Waals surface area contributed by atoms with Crippen LogP contribution in [0.2, 0.25) is 0 Å². The van der Waals surface area contributed by atoms with Gasteiger partial charge in [-0.3, -0.25) is 4.79 Å². The molecule has 1 aliphatic heterocycles. The third-order valence-corrected chi connectivity index (χ3v) is 5.02. The molecule has 0 unspecified atom stereocenters. The predicted molar refractivity (Wildman–Crippen MR) is 79.9 cm³/mol. The van der Waals surface area contributed by atoms with Gasteiger partial charge < -0.3 is 4.90 Å². The lowest BCUT2D eigenvalue weighted by Crippen LogP contribution is -2.40. The molecule has 0 aliphatic carbocycles. The Hall–Kier alpha value is -1.02. The van der Waals surface area contributed by atoms with Crippen molar-refractivity contribution in [2.75, 3.05) is 12.4 Å². The van der Waals surface area contributed by atoms with Gasteiger partial charge in [-0.05, 0) is 74.4 Å². The summed E-state index contributed by atoms with van der Waals surface area (Å²) in [4.78, 5) is 13.8. The van der Waals surface area contributed by atoms with E-state index in [2.05, 4.69) is 34.6 Å². The summed E-state index contributed by atoms with van der Waals surface area (Å²) in [7, 11) is 0. The van der Waals surface area contributed by atoms with Crippen LogP contribution in [0.15, 0.2) is 0 Å². The molecule has 1 aliphatic rings. The Bertz CT molecular complexity index is 536. The van der Waals surface area contributed by atoms with Crippen LogP contribution in [0.1, 0.15) is 46.3 Å². The van der Waals surface area contributed by atoms with E-state index in [1.165, 1.54) is 33.4 Å². The molecule has 0 spiro atoms. The minimum Gasteiger partial charge on any atom is -0.335 e. The molecular formula is C16H22ClNO. The van der Waals surface area contributed by atoms with E-state index in [1.807, 2.05) is 4.90 Å². The second kappa shape index (κ2) is 5.16. The van der Waals surface area contributed by atoms with Gasteiger partial charge in [0, 0.05) is 6.54 Å². The Morgan fingerprint density at radius 2 is 1.74 bits per heavy atom. The zero-order chi connectivity index (χ0) is 14.3. The molecule has 0 saturated heterocycles. The van der Waals surface area contributed by atoms with Gasteiger partial charge in [-0.15, -0.1) is 11.6 Å². The molecule has 1 heterocycles. The number of amides is 1. The molecule has 104 valence electrons. The normalized spacial score (nSPS) is 18.4. The molecule has 0 aromatic heterocycles. The minimum atomic E-state index is 0.0371. The van der Waals surface area contributed by atoms with Crippen LogP contribution < -0.4 is 0 Å². The number of halogens is 1. The minimum absolute atomic E-state index is 0.0371. The van der Waals surface area contributed by atoms with Crippen LogP contribution in [0.3, 0.4) is 0 Å². The smallest absolute Gasteiger partial charge is 0.238 e. The van der Waals surface area contributed by atoms with Crippen molar-refractivity contribution in [2.45, 2.75) is 47.1 Å². The number of hydrogen-bond donors (Lipinski definition) is 0. The van der Waals surface area contributed by atoms with Gasteiger partial charge in [-0.25, -0.2) is 0 Å². The van der Waals surface area contributed by atoms with Gasteiger partial charge in [-0.1, -0.05) is 0 Å². The van der Waals surface area contributed by atoms with E-state index in [0.29, 0.717) is 0 Å². The lowest BCUT2D eigenvalue weighted by atomic mass is 9.82. The maximum atomic E-state index is 11.9. The average Bonchev–Trinajstić information content (AvgIpc) is 2.41. The average molecular weight is 280 g/mol. The van der Waals surface area contributed by atoms with Crippen molar-refractivity contribution in [2.24, 2.45) is 0 Å². The van der Waals surface area contributed by atoms with Crippen LogP contribution in [0.25, 0.3) is 0 Å². The van der Waals surface area contributed by atoms with Crippen molar-refractivity contribution in [1.29, 1.82) is 0 Å². The van der Waals surface area contributed by atoms with E-state index in [-0.39, 0.29) is 17.8 Å². The number of benzene rings is 1. The maximum Gasteiger partial charge on any atom is 0.238 e. The SMILES string of the molecule is Cc1c(C)c(C)c2c(c1C)CCN(C(=O)CCl)[C@H]2C. The lowest BCUT2D eigenvalue weighted by molar-refractivity contribution is -0.131. The third kappa shape index (κ3) is 2.16. The fourth-order valence-electron chi connectivity index (χ4n) is 3.31. The van der Waals surface area contributed by atoms with Gasteiger partial charge in [0.15, 0.2) is 0 Å². The van der Waals surface area contributed by atoms with Gasteiger partial charge in [0.05, 0.1) is 6.04 Å². The van der Waals surface area contributed by atoms with E-state index < -0.39 is 0 Å². The second-order valence-corrected chi connectivity index (χ2v) is 5.81. The highest BCUT2D eigenvalue weighted by Crippen LogP contribution is 2.37. The fraction of sp³-hybridized carbons (Fsp3) is 0.562. The summed E-state index contributed by atoms with van der Waals surface area (Å²) in [5, 5.41) is 0. The topological polar surface area (TPSA) is 20.3 Å². The standard InChI is InChI=1S/C16H22ClNO/c1-9-10(2)12(4)16-13(5)18(15(19)8-17)7-6-14(16)11(9)3/h13H,6-8H2,1-5H3/t13-/m0/s1. The van der Waals surface area contributed by atoms with Crippen molar-refractivity contribution in [3.05, 3.63) is 33.4 Å². The van der Waals surface area contributed by atoms with Gasteiger partial charge in [0.25, 0.3) is 0 Å². The number of nitrogens with zero attached hydrogens (tertiary/aromatic N) is 1. The highest BCUT2D eigenvalue weighted by molar-refractivity contribution is 6.27. The lowest BCUT2D eigenvalue weighted by Gasteiger charge is -2.38. The molecule has 19 heavy (non-hydrogen) atoms. The number of rotatable bonds is 1. The molecule has 1 atom stereocenters.